The van der Waals surface area contributed by atoms with Gasteiger partial charge in [-0.25, -0.2) is 4.68 Å². The third kappa shape index (κ3) is 4.13. The molecular formula is C23H28N4O2S. The molecule has 1 atom stereocenters. The van der Waals surface area contributed by atoms with Gasteiger partial charge < -0.3 is 14.0 Å². The number of benzene rings is 2. The van der Waals surface area contributed by atoms with Crippen LogP contribution in [0.15, 0.2) is 48.5 Å². The Balaban J connectivity index is 1.57. The van der Waals surface area contributed by atoms with Crippen LogP contribution in [0.3, 0.4) is 0 Å². The second-order valence-corrected chi connectivity index (χ2v) is 8.00. The number of aromatic nitrogens is 3. The van der Waals surface area contributed by atoms with Gasteiger partial charge in [-0.2, -0.15) is 5.10 Å². The van der Waals surface area contributed by atoms with Gasteiger partial charge in [0.25, 0.3) is 0 Å². The van der Waals surface area contributed by atoms with Gasteiger partial charge in [-0.1, -0.05) is 36.4 Å². The minimum Gasteiger partial charge on any atom is -0.497 e. The molecule has 2 heterocycles. The van der Waals surface area contributed by atoms with Crippen molar-refractivity contribution in [3.05, 3.63) is 70.3 Å². The Bertz CT molecular complexity index is 1060. The highest BCUT2D eigenvalue weighted by molar-refractivity contribution is 7.71. The van der Waals surface area contributed by atoms with E-state index in [4.69, 9.17) is 26.8 Å². The molecule has 0 unspecified atom stereocenters. The van der Waals surface area contributed by atoms with Crippen LogP contribution in [-0.2, 0) is 20.1 Å². The van der Waals surface area contributed by atoms with Gasteiger partial charge in [0.05, 0.1) is 20.9 Å². The van der Waals surface area contributed by atoms with E-state index in [1.54, 1.807) is 14.2 Å². The maximum atomic E-state index is 5.70. The van der Waals surface area contributed by atoms with Crippen LogP contribution in [0.1, 0.15) is 35.8 Å². The molecular weight excluding hydrogens is 396 g/mol. The third-order valence-corrected chi connectivity index (χ3v) is 6.30. The van der Waals surface area contributed by atoms with Crippen LogP contribution in [0.2, 0.25) is 0 Å². The Morgan fingerprint density at radius 1 is 1.10 bits per heavy atom. The summed E-state index contributed by atoms with van der Waals surface area (Å²) in [6.45, 7) is 1.67. The Hall–Kier alpha value is -2.64. The van der Waals surface area contributed by atoms with Crippen molar-refractivity contribution in [2.24, 2.45) is 7.05 Å². The average molecular weight is 425 g/mol. The van der Waals surface area contributed by atoms with Crippen LogP contribution in [0.4, 0.5) is 0 Å². The first kappa shape index (κ1) is 20.6. The largest absolute Gasteiger partial charge is 0.497 e. The summed E-state index contributed by atoms with van der Waals surface area (Å²) in [5, 5.41) is 4.85. The van der Waals surface area contributed by atoms with Gasteiger partial charge >= 0.3 is 0 Å². The number of hydrogen-bond donors (Lipinski definition) is 0. The summed E-state index contributed by atoms with van der Waals surface area (Å²) in [7, 11) is 5.38. The average Bonchev–Trinajstić information content (AvgIpc) is 3.34. The summed E-state index contributed by atoms with van der Waals surface area (Å²) in [5.41, 5.74) is 2.41. The number of rotatable bonds is 7. The molecule has 1 saturated heterocycles. The SMILES string of the molecule is COc1ccc([C@H]2CCCN2Cn2nc(Cc3ccccc3)n(C)c2=S)c(OC)c1. The van der Waals surface area contributed by atoms with Crippen molar-refractivity contribution < 1.29 is 9.47 Å². The summed E-state index contributed by atoms with van der Waals surface area (Å²) in [6, 6.07) is 16.7. The first-order valence-corrected chi connectivity index (χ1v) is 10.6. The fraction of sp³-hybridized carbons (Fsp3) is 0.391. The first-order valence-electron chi connectivity index (χ1n) is 10.2. The molecule has 7 heteroatoms. The summed E-state index contributed by atoms with van der Waals surface area (Å²) >= 11 is 5.70. The van der Waals surface area contributed by atoms with Crippen LogP contribution in [0.5, 0.6) is 11.5 Å². The standard InChI is InChI=1S/C23H28N4O2S/c1-25-22(14-17-8-5-4-6-9-17)24-27(23(25)30)16-26-13-7-10-20(26)19-12-11-18(28-2)15-21(19)29-3/h4-6,8-9,11-12,15,20H,7,10,13-14,16H2,1-3H3/t20-/m1/s1. The molecule has 0 bridgehead atoms. The molecule has 158 valence electrons. The van der Waals surface area contributed by atoms with E-state index in [2.05, 4.69) is 35.2 Å². The van der Waals surface area contributed by atoms with Crippen LogP contribution in [-0.4, -0.2) is 40.0 Å². The fourth-order valence-corrected chi connectivity index (χ4v) is 4.37. The van der Waals surface area contributed by atoms with Crippen LogP contribution >= 0.6 is 12.2 Å². The molecule has 4 rings (SSSR count). The highest BCUT2D eigenvalue weighted by Crippen LogP contribution is 2.38. The normalized spacial score (nSPS) is 16.7. The molecule has 1 fully saturated rings. The predicted molar refractivity (Wildman–Crippen MR) is 120 cm³/mol. The van der Waals surface area contributed by atoms with Gasteiger partial charge in [-0.05, 0) is 36.7 Å². The minimum atomic E-state index is 0.271. The Kier molecular flexibility index (Phi) is 6.20. The molecule has 0 aliphatic carbocycles. The van der Waals surface area contributed by atoms with Crippen molar-refractivity contribution in [2.75, 3.05) is 20.8 Å². The number of ether oxygens (including phenoxy) is 2. The molecule has 0 amide bonds. The molecule has 3 aromatic rings. The lowest BCUT2D eigenvalue weighted by Crippen LogP contribution is -2.27. The molecule has 0 saturated carbocycles. The van der Waals surface area contributed by atoms with Gasteiger partial charge in [0.1, 0.15) is 17.3 Å². The molecule has 1 aliphatic heterocycles. The number of hydrogen-bond acceptors (Lipinski definition) is 5. The quantitative estimate of drug-likeness (QED) is 0.528. The molecule has 0 N–H and O–H groups in total. The van der Waals surface area contributed by atoms with E-state index in [0.29, 0.717) is 6.67 Å². The van der Waals surface area contributed by atoms with Gasteiger partial charge in [0, 0.05) is 37.7 Å². The predicted octanol–water partition coefficient (Wildman–Crippen LogP) is 4.35. The van der Waals surface area contributed by atoms with E-state index in [9.17, 15) is 0 Å². The topological polar surface area (TPSA) is 44.5 Å². The monoisotopic (exact) mass is 424 g/mol. The second kappa shape index (κ2) is 9.02. The van der Waals surface area contributed by atoms with Crippen molar-refractivity contribution in [3.8, 4) is 11.5 Å². The molecule has 1 aliphatic rings. The lowest BCUT2D eigenvalue weighted by atomic mass is 10.0. The summed E-state index contributed by atoms with van der Waals surface area (Å²) in [4.78, 5) is 2.43. The lowest BCUT2D eigenvalue weighted by molar-refractivity contribution is 0.186. The van der Waals surface area contributed by atoms with Gasteiger partial charge in [0.15, 0.2) is 4.77 Å². The molecule has 0 spiro atoms. The maximum Gasteiger partial charge on any atom is 0.198 e. The molecule has 2 aromatic carbocycles. The third-order valence-electron chi connectivity index (χ3n) is 5.82. The zero-order valence-corrected chi connectivity index (χ0v) is 18.6. The van der Waals surface area contributed by atoms with Crippen LogP contribution in [0.25, 0.3) is 0 Å². The smallest absolute Gasteiger partial charge is 0.198 e. The molecule has 1 aromatic heterocycles. The van der Waals surface area contributed by atoms with Crippen LogP contribution < -0.4 is 9.47 Å². The van der Waals surface area contributed by atoms with Crippen molar-refractivity contribution >= 4 is 12.2 Å². The summed E-state index contributed by atoms with van der Waals surface area (Å²) in [6.07, 6.45) is 2.99. The van der Waals surface area contributed by atoms with Crippen molar-refractivity contribution in [1.29, 1.82) is 0 Å². The summed E-state index contributed by atoms with van der Waals surface area (Å²) in [5.74, 6) is 2.64. The molecule has 6 nitrogen and oxygen atoms in total. The van der Waals surface area contributed by atoms with E-state index in [0.717, 1.165) is 47.9 Å². The molecule has 30 heavy (non-hydrogen) atoms. The van der Waals surface area contributed by atoms with Gasteiger partial charge in [-0.15, -0.1) is 0 Å². The first-order chi connectivity index (χ1) is 14.6. The van der Waals surface area contributed by atoms with Crippen LogP contribution in [0, 0.1) is 4.77 Å². The van der Waals surface area contributed by atoms with E-state index >= 15 is 0 Å². The Morgan fingerprint density at radius 3 is 2.63 bits per heavy atom. The highest BCUT2D eigenvalue weighted by atomic mass is 32.1. The highest BCUT2D eigenvalue weighted by Gasteiger charge is 2.29. The minimum absolute atomic E-state index is 0.271. The van der Waals surface area contributed by atoms with E-state index in [1.165, 1.54) is 11.1 Å². The number of nitrogens with zero attached hydrogens (tertiary/aromatic N) is 4. The zero-order valence-electron chi connectivity index (χ0n) is 17.7. The Labute approximate surface area is 182 Å². The fourth-order valence-electron chi connectivity index (χ4n) is 4.17. The van der Waals surface area contributed by atoms with Crippen molar-refractivity contribution in [2.45, 2.75) is 32.0 Å². The Morgan fingerprint density at radius 2 is 1.90 bits per heavy atom. The van der Waals surface area contributed by atoms with Crippen molar-refractivity contribution in [1.82, 2.24) is 19.2 Å². The zero-order chi connectivity index (χ0) is 21.1. The number of methoxy groups -OCH3 is 2. The van der Waals surface area contributed by atoms with E-state index in [1.807, 2.05) is 34.5 Å². The summed E-state index contributed by atoms with van der Waals surface area (Å²) < 4.78 is 15.7. The van der Waals surface area contributed by atoms with Crippen molar-refractivity contribution in [3.63, 3.8) is 0 Å². The molecule has 0 radical (unpaired) electrons. The van der Waals surface area contributed by atoms with Gasteiger partial charge in [-0.3, -0.25) is 4.90 Å². The van der Waals surface area contributed by atoms with E-state index < -0.39 is 0 Å². The second-order valence-electron chi connectivity index (χ2n) is 7.64. The maximum absolute atomic E-state index is 5.70. The number of likely N-dealkylation sites (tertiary alicyclic amines) is 1. The van der Waals surface area contributed by atoms with E-state index in [-0.39, 0.29) is 6.04 Å². The van der Waals surface area contributed by atoms with Gasteiger partial charge in [0.2, 0.25) is 0 Å². The lowest BCUT2D eigenvalue weighted by Gasteiger charge is -2.26.